The lowest BCUT2D eigenvalue weighted by Gasteiger charge is -2.18. The fourth-order valence-corrected chi connectivity index (χ4v) is 3.81. The van der Waals surface area contributed by atoms with Crippen molar-refractivity contribution >= 4 is 46.4 Å². The highest BCUT2D eigenvalue weighted by atomic mass is 35.5. The van der Waals surface area contributed by atoms with E-state index in [4.69, 9.17) is 16.3 Å². The summed E-state index contributed by atoms with van der Waals surface area (Å²) in [6.07, 6.45) is 1.22. The van der Waals surface area contributed by atoms with Gasteiger partial charge in [0.1, 0.15) is 0 Å². The van der Waals surface area contributed by atoms with Crippen LogP contribution in [0.15, 0.2) is 35.7 Å². The molecule has 1 aliphatic heterocycles. The van der Waals surface area contributed by atoms with E-state index in [9.17, 15) is 14.4 Å². The summed E-state index contributed by atoms with van der Waals surface area (Å²) in [6.45, 7) is 2.05. The predicted octanol–water partition coefficient (Wildman–Crippen LogP) is 3.56. The third-order valence-corrected chi connectivity index (χ3v) is 5.60. The monoisotopic (exact) mass is 406 g/mol. The summed E-state index contributed by atoms with van der Waals surface area (Å²) >= 11 is 7.71. The Balaban J connectivity index is 1.59. The van der Waals surface area contributed by atoms with E-state index in [-0.39, 0.29) is 30.0 Å². The van der Waals surface area contributed by atoms with Crippen molar-refractivity contribution in [1.29, 1.82) is 0 Å². The van der Waals surface area contributed by atoms with E-state index in [1.165, 1.54) is 12.1 Å². The lowest BCUT2D eigenvalue weighted by molar-refractivity contribution is -0.124. The zero-order chi connectivity index (χ0) is 19.4. The Labute approximate surface area is 166 Å². The highest BCUT2D eigenvalue weighted by Crippen LogP contribution is 2.30. The molecule has 0 unspecified atom stereocenters. The quantitative estimate of drug-likeness (QED) is 0.744. The van der Waals surface area contributed by atoms with Gasteiger partial charge in [0, 0.05) is 17.8 Å². The molecule has 2 aromatic rings. The summed E-state index contributed by atoms with van der Waals surface area (Å²) in [6, 6.07) is 8.28. The smallest absolute Gasteiger partial charge is 0.338 e. The fraction of sp³-hybridized carbons (Fsp3) is 0.316. The Morgan fingerprint density at radius 1 is 1.37 bits per heavy atom. The maximum atomic E-state index is 12.3. The number of thiophene rings is 1. The zero-order valence-corrected chi connectivity index (χ0v) is 16.3. The molecule has 1 aromatic carbocycles. The van der Waals surface area contributed by atoms with Gasteiger partial charge >= 0.3 is 5.97 Å². The fourth-order valence-electron chi connectivity index (χ4n) is 2.86. The number of carbonyl (C=O) groups excluding carboxylic acids is 3. The van der Waals surface area contributed by atoms with E-state index in [1.54, 1.807) is 22.3 Å². The van der Waals surface area contributed by atoms with Crippen molar-refractivity contribution in [2.75, 3.05) is 18.1 Å². The molecule has 1 N–H and O–H groups in total. The number of rotatable bonds is 6. The topological polar surface area (TPSA) is 75.7 Å². The van der Waals surface area contributed by atoms with Crippen molar-refractivity contribution in [1.82, 2.24) is 5.32 Å². The first kappa shape index (κ1) is 19.4. The van der Waals surface area contributed by atoms with Crippen molar-refractivity contribution < 1.29 is 19.1 Å². The number of esters is 1. The first-order valence-electron chi connectivity index (χ1n) is 8.55. The Morgan fingerprint density at radius 2 is 2.19 bits per heavy atom. The second kappa shape index (κ2) is 8.54. The first-order chi connectivity index (χ1) is 13.0. The molecular formula is C19H19ClN2O4S. The summed E-state index contributed by atoms with van der Waals surface area (Å²) in [5.74, 6) is -1.05. The summed E-state index contributed by atoms with van der Waals surface area (Å²) in [5.41, 5.74) is 0.734. The molecule has 1 atom stereocenters. The van der Waals surface area contributed by atoms with Crippen molar-refractivity contribution in [2.24, 2.45) is 0 Å². The van der Waals surface area contributed by atoms with Crippen molar-refractivity contribution in [3.05, 3.63) is 51.2 Å². The number of hydrogen-bond acceptors (Lipinski definition) is 5. The predicted molar refractivity (Wildman–Crippen MR) is 104 cm³/mol. The summed E-state index contributed by atoms with van der Waals surface area (Å²) in [4.78, 5) is 38.8. The molecule has 2 heterocycles. The van der Waals surface area contributed by atoms with E-state index in [2.05, 4.69) is 5.32 Å². The van der Waals surface area contributed by atoms with Crippen LogP contribution in [0.25, 0.3) is 0 Å². The number of anilines is 1. The van der Waals surface area contributed by atoms with Crippen molar-refractivity contribution in [3.63, 3.8) is 0 Å². The van der Waals surface area contributed by atoms with Gasteiger partial charge in [0.2, 0.25) is 5.91 Å². The third kappa shape index (κ3) is 4.67. The van der Waals surface area contributed by atoms with Gasteiger partial charge in [0.05, 0.1) is 22.3 Å². The average molecular weight is 407 g/mol. The van der Waals surface area contributed by atoms with Gasteiger partial charge in [-0.2, -0.15) is 0 Å². The van der Waals surface area contributed by atoms with Crippen LogP contribution in [0.4, 0.5) is 5.69 Å². The standard InChI is InChI=1S/C19H19ClN2O4S/c1-12(16-4-3-9-27-16)21-17(23)11-26-19(25)13-6-7-14(20)15(10-13)22-8-2-5-18(22)24/h3-4,6-7,9-10,12H,2,5,8,11H2,1H3,(H,21,23)/t12-/m1/s1. The Kier molecular flexibility index (Phi) is 6.13. The lowest BCUT2D eigenvalue weighted by atomic mass is 10.2. The van der Waals surface area contributed by atoms with Gasteiger partial charge < -0.3 is 15.0 Å². The van der Waals surface area contributed by atoms with Gasteiger partial charge in [-0.15, -0.1) is 11.3 Å². The van der Waals surface area contributed by atoms with Crippen LogP contribution in [0, 0.1) is 0 Å². The molecule has 1 aromatic heterocycles. The van der Waals surface area contributed by atoms with Gasteiger partial charge in [-0.05, 0) is 43.0 Å². The molecule has 6 nitrogen and oxygen atoms in total. The minimum atomic E-state index is -0.640. The normalized spacial score (nSPS) is 14.9. The molecule has 0 saturated carbocycles. The van der Waals surface area contributed by atoms with Crippen LogP contribution < -0.4 is 10.2 Å². The molecule has 0 radical (unpaired) electrons. The van der Waals surface area contributed by atoms with Gasteiger partial charge in [-0.25, -0.2) is 4.79 Å². The average Bonchev–Trinajstić information content (AvgIpc) is 3.32. The van der Waals surface area contributed by atoms with Crippen LogP contribution in [-0.2, 0) is 14.3 Å². The van der Waals surface area contributed by atoms with E-state index >= 15 is 0 Å². The molecular weight excluding hydrogens is 388 g/mol. The van der Waals surface area contributed by atoms with Crippen LogP contribution in [0.3, 0.4) is 0 Å². The number of ether oxygens (including phenoxy) is 1. The summed E-state index contributed by atoms with van der Waals surface area (Å²) in [5, 5.41) is 5.11. The first-order valence-corrected chi connectivity index (χ1v) is 9.81. The molecule has 0 spiro atoms. The number of halogens is 1. The highest BCUT2D eigenvalue weighted by molar-refractivity contribution is 7.10. The van der Waals surface area contributed by atoms with E-state index in [0.717, 1.165) is 11.3 Å². The maximum absolute atomic E-state index is 12.3. The minimum absolute atomic E-state index is 0.0237. The molecule has 2 amide bonds. The second-order valence-electron chi connectivity index (χ2n) is 6.20. The molecule has 3 rings (SSSR count). The molecule has 0 aliphatic carbocycles. The molecule has 142 valence electrons. The number of benzene rings is 1. The second-order valence-corrected chi connectivity index (χ2v) is 7.58. The number of hydrogen-bond donors (Lipinski definition) is 1. The van der Waals surface area contributed by atoms with Gasteiger partial charge in [-0.1, -0.05) is 17.7 Å². The van der Waals surface area contributed by atoms with Gasteiger partial charge in [-0.3, -0.25) is 9.59 Å². The van der Waals surface area contributed by atoms with Crippen LogP contribution in [-0.4, -0.2) is 30.9 Å². The molecule has 0 bridgehead atoms. The van der Waals surface area contributed by atoms with Crippen LogP contribution in [0.5, 0.6) is 0 Å². The molecule has 1 saturated heterocycles. The number of carbonyl (C=O) groups is 3. The SMILES string of the molecule is C[C@@H](NC(=O)COC(=O)c1ccc(Cl)c(N2CCCC2=O)c1)c1cccs1. The Bertz CT molecular complexity index is 853. The van der Waals surface area contributed by atoms with Crippen LogP contribution >= 0.6 is 22.9 Å². The largest absolute Gasteiger partial charge is 0.452 e. The van der Waals surface area contributed by atoms with Crippen molar-refractivity contribution in [2.45, 2.75) is 25.8 Å². The number of nitrogens with zero attached hydrogens (tertiary/aromatic N) is 1. The molecule has 1 fully saturated rings. The van der Waals surface area contributed by atoms with E-state index in [1.807, 2.05) is 24.4 Å². The maximum Gasteiger partial charge on any atom is 0.338 e. The van der Waals surface area contributed by atoms with Gasteiger partial charge in [0.25, 0.3) is 5.91 Å². The van der Waals surface area contributed by atoms with Crippen LogP contribution in [0.2, 0.25) is 5.02 Å². The van der Waals surface area contributed by atoms with Gasteiger partial charge in [0.15, 0.2) is 6.61 Å². The van der Waals surface area contributed by atoms with E-state index < -0.39 is 5.97 Å². The summed E-state index contributed by atoms with van der Waals surface area (Å²) < 4.78 is 5.10. The third-order valence-electron chi connectivity index (χ3n) is 4.23. The molecule has 27 heavy (non-hydrogen) atoms. The van der Waals surface area contributed by atoms with Crippen molar-refractivity contribution in [3.8, 4) is 0 Å². The Hall–Kier alpha value is -2.38. The molecule has 1 aliphatic rings. The molecule has 8 heteroatoms. The van der Waals surface area contributed by atoms with Crippen LogP contribution in [0.1, 0.15) is 41.0 Å². The highest BCUT2D eigenvalue weighted by Gasteiger charge is 2.25. The minimum Gasteiger partial charge on any atom is -0.452 e. The lowest BCUT2D eigenvalue weighted by Crippen LogP contribution is -2.30. The number of amides is 2. The number of nitrogens with one attached hydrogen (secondary N) is 1. The Morgan fingerprint density at radius 3 is 2.85 bits per heavy atom. The zero-order valence-electron chi connectivity index (χ0n) is 14.7. The summed E-state index contributed by atoms with van der Waals surface area (Å²) in [7, 11) is 0. The van der Waals surface area contributed by atoms with E-state index in [0.29, 0.717) is 23.7 Å².